The zero-order valence-corrected chi connectivity index (χ0v) is 15.5. The monoisotopic (exact) mass is 502 g/mol. The van der Waals surface area contributed by atoms with Crippen molar-refractivity contribution < 1.29 is 67.6 Å². The quantitative estimate of drug-likeness (QED) is 0.497. The molecule has 184 valence electrons. The van der Waals surface area contributed by atoms with E-state index < -0.39 is 58.5 Å². The van der Waals surface area contributed by atoms with E-state index in [1.165, 1.54) is 0 Å². The average Bonchev–Trinajstić information content (AvgIpc) is 2.64. The third kappa shape index (κ3) is 4.55. The van der Waals surface area contributed by atoms with E-state index in [1.807, 2.05) is 0 Å². The van der Waals surface area contributed by atoms with Crippen LogP contribution in [0.4, 0.5) is 52.7 Å². The summed E-state index contributed by atoms with van der Waals surface area (Å²) in [5.74, 6) is -0.944. The summed E-state index contributed by atoms with van der Waals surface area (Å²) in [5, 5.41) is 18.6. The molecule has 0 bridgehead atoms. The molecule has 0 saturated heterocycles. The minimum atomic E-state index is -6.14. The highest BCUT2D eigenvalue weighted by molar-refractivity contribution is 5.38. The molecule has 3 nitrogen and oxygen atoms in total. The number of hydrogen-bond acceptors (Lipinski definition) is 3. The van der Waals surface area contributed by atoms with Gasteiger partial charge in [-0.1, -0.05) is 24.3 Å². The van der Waals surface area contributed by atoms with Gasteiger partial charge in [0.25, 0.3) is 11.2 Å². The van der Waals surface area contributed by atoms with Crippen LogP contribution in [-0.2, 0) is 11.2 Å². The van der Waals surface area contributed by atoms with Gasteiger partial charge >= 0.3 is 24.7 Å². The molecular weight excluding hydrogens is 492 g/mol. The molecule has 0 fully saturated rings. The van der Waals surface area contributed by atoms with E-state index in [1.54, 1.807) is 0 Å². The predicted octanol–water partition coefficient (Wildman–Crippen LogP) is 6.10. The van der Waals surface area contributed by atoms with Crippen LogP contribution in [-0.4, -0.2) is 34.9 Å². The Morgan fingerprint density at radius 2 is 0.636 bits per heavy atom. The van der Waals surface area contributed by atoms with Gasteiger partial charge in [-0.3, -0.25) is 0 Å². The van der Waals surface area contributed by atoms with Gasteiger partial charge in [0.15, 0.2) is 0 Å². The standard InChI is InChI=1S/C18H10F12O3/c19-15(20,21)13(31,16(22,23)24)9-1-5-11(6-2-9)33-12-7-3-10(4-8-12)14(32,17(25,26)27)18(28,29)30/h1-8,31-32H. The Kier molecular flexibility index (Phi) is 6.42. The molecule has 0 aromatic heterocycles. The van der Waals surface area contributed by atoms with E-state index in [9.17, 15) is 62.9 Å². The van der Waals surface area contributed by atoms with Crippen LogP contribution in [0.2, 0.25) is 0 Å². The van der Waals surface area contributed by atoms with Crippen LogP contribution in [0.3, 0.4) is 0 Å². The van der Waals surface area contributed by atoms with E-state index >= 15 is 0 Å². The van der Waals surface area contributed by atoms with Gasteiger partial charge < -0.3 is 14.9 Å². The largest absolute Gasteiger partial charge is 0.457 e. The van der Waals surface area contributed by atoms with E-state index in [2.05, 4.69) is 0 Å². The minimum Gasteiger partial charge on any atom is -0.457 e. The van der Waals surface area contributed by atoms with Gasteiger partial charge in [0.05, 0.1) is 0 Å². The molecule has 15 heteroatoms. The number of hydrogen-bond donors (Lipinski definition) is 2. The molecule has 2 N–H and O–H groups in total. The molecule has 0 saturated carbocycles. The third-order valence-corrected chi connectivity index (χ3v) is 4.42. The maximum Gasteiger partial charge on any atom is 0.430 e. The summed E-state index contributed by atoms with van der Waals surface area (Å²) in [6.45, 7) is 0. The van der Waals surface area contributed by atoms with Gasteiger partial charge in [0.2, 0.25) is 0 Å². The van der Waals surface area contributed by atoms with E-state index in [0.29, 0.717) is 24.3 Å². The first-order chi connectivity index (χ1) is 14.7. The van der Waals surface area contributed by atoms with Crippen LogP contribution in [0.15, 0.2) is 48.5 Å². The second kappa shape index (κ2) is 7.97. The van der Waals surface area contributed by atoms with E-state index in [-0.39, 0.29) is 24.3 Å². The average molecular weight is 502 g/mol. The Balaban J connectivity index is 2.34. The molecule has 0 amide bonds. The van der Waals surface area contributed by atoms with Crippen molar-refractivity contribution >= 4 is 0 Å². The maximum absolute atomic E-state index is 12.9. The van der Waals surface area contributed by atoms with Crippen molar-refractivity contribution in [2.45, 2.75) is 35.9 Å². The number of ether oxygens (including phenoxy) is 1. The Hall–Kier alpha value is -2.68. The number of benzene rings is 2. The summed E-state index contributed by atoms with van der Waals surface area (Å²) in [7, 11) is 0. The van der Waals surface area contributed by atoms with E-state index in [0.717, 1.165) is 0 Å². The molecule has 0 unspecified atom stereocenters. The van der Waals surface area contributed by atoms with Crippen molar-refractivity contribution in [3.8, 4) is 11.5 Å². The summed E-state index contributed by atoms with van der Waals surface area (Å²) < 4.78 is 159. The Bertz CT molecular complexity index is 847. The topological polar surface area (TPSA) is 49.7 Å². The van der Waals surface area contributed by atoms with E-state index in [4.69, 9.17) is 4.74 Å². The smallest absolute Gasteiger partial charge is 0.430 e. The van der Waals surface area contributed by atoms with Gasteiger partial charge in [0.1, 0.15) is 11.5 Å². The molecule has 2 aromatic rings. The molecule has 0 heterocycles. The van der Waals surface area contributed by atoms with Gasteiger partial charge in [-0.15, -0.1) is 0 Å². The molecule has 0 radical (unpaired) electrons. The summed E-state index contributed by atoms with van der Waals surface area (Å²) in [6, 6.07) is 3.07. The van der Waals surface area contributed by atoms with Crippen molar-refractivity contribution in [2.75, 3.05) is 0 Å². The molecule has 0 atom stereocenters. The molecule has 0 spiro atoms. The lowest BCUT2D eigenvalue weighted by molar-refractivity contribution is -0.376. The SMILES string of the molecule is OC(c1ccc(Oc2ccc(C(O)(C(F)(F)F)C(F)(F)F)cc2)cc1)(C(F)(F)F)C(F)(F)F. The minimum absolute atomic E-state index is 0.219. The highest BCUT2D eigenvalue weighted by atomic mass is 19.4. The van der Waals surface area contributed by atoms with Crippen LogP contribution >= 0.6 is 0 Å². The fourth-order valence-corrected chi connectivity index (χ4v) is 2.64. The zero-order valence-electron chi connectivity index (χ0n) is 15.5. The molecule has 0 aliphatic carbocycles. The van der Waals surface area contributed by atoms with Crippen molar-refractivity contribution in [2.24, 2.45) is 0 Å². The van der Waals surface area contributed by atoms with Gasteiger partial charge in [-0.25, -0.2) is 0 Å². The lowest BCUT2D eigenvalue weighted by Crippen LogP contribution is -2.53. The van der Waals surface area contributed by atoms with Crippen LogP contribution in [0.5, 0.6) is 11.5 Å². The first-order valence-electron chi connectivity index (χ1n) is 8.27. The van der Waals surface area contributed by atoms with Crippen LogP contribution in [0, 0.1) is 0 Å². The number of halogens is 12. The lowest BCUT2D eigenvalue weighted by Gasteiger charge is -2.32. The Morgan fingerprint density at radius 3 is 0.818 bits per heavy atom. The molecule has 0 aliphatic rings. The van der Waals surface area contributed by atoms with Crippen LogP contribution in [0.1, 0.15) is 11.1 Å². The lowest BCUT2D eigenvalue weighted by atomic mass is 9.92. The van der Waals surface area contributed by atoms with Crippen molar-refractivity contribution in [1.29, 1.82) is 0 Å². The number of aliphatic hydroxyl groups is 2. The Morgan fingerprint density at radius 1 is 0.424 bits per heavy atom. The van der Waals surface area contributed by atoms with Gasteiger partial charge in [0, 0.05) is 11.1 Å². The zero-order chi connectivity index (χ0) is 25.7. The first-order valence-corrected chi connectivity index (χ1v) is 8.27. The van der Waals surface area contributed by atoms with Gasteiger partial charge in [-0.2, -0.15) is 52.7 Å². The molecule has 33 heavy (non-hydrogen) atoms. The van der Waals surface area contributed by atoms with Crippen LogP contribution in [0.25, 0.3) is 0 Å². The molecule has 0 aliphatic heterocycles. The fourth-order valence-electron chi connectivity index (χ4n) is 2.64. The summed E-state index contributed by atoms with van der Waals surface area (Å²) >= 11 is 0. The summed E-state index contributed by atoms with van der Waals surface area (Å²) in [6.07, 6.45) is -24.6. The Labute approximate surface area is 175 Å². The highest BCUT2D eigenvalue weighted by Gasteiger charge is 2.72. The molecular formula is C18H10F12O3. The van der Waals surface area contributed by atoms with Crippen LogP contribution < -0.4 is 4.74 Å². The normalized spacial score (nSPS) is 14.4. The maximum atomic E-state index is 12.9. The number of rotatable bonds is 4. The first kappa shape index (κ1) is 26.6. The molecule has 2 rings (SSSR count). The summed E-state index contributed by atoms with van der Waals surface area (Å²) in [5.41, 5.74) is -13.7. The highest BCUT2D eigenvalue weighted by Crippen LogP contribution is 2.51. The number of alkyl halides is 12. The van der Waals surface area contributed by atoms with Crippen molar-refractivity contribution in [3.63, 3.8) is 0 Å². The fraction of sp³-hybridized carbons (Fsp3) is 0.333. The second-order valence-electron chi connectivity index (χ2n) is 6.56. The predicted molar refractivity (Wildman–Crippen MR) is 85.0 cm³/mol. The summed E-state index contributed by atoms with van der Waals surface area (Å²) in [4.78, 5) is 0. The van der Waals surface area contributed by atoms with Crippen molar-refractivity contribution in [3.05, 3.63) is 59.7 Å². The second-order valence-corrected chi connectivity index (χ2v) is 6.56. The third-order valence-electron chi connectivity index (χ3n) is 4.42. The molecule has 2 aromatic carbocycles. The van der Waals surface area contributed by atoms with Gasteiger partial charge in [-0.05, 0) is 24.3 Å². The van der Waals surface area contributed by atoms with Crippen molar-refractivity contribution in [1.82, 2.24) is 0 Å².